The Morgan fingerprint density at radius 3 is 2.38 bits per heavy atom. The first kappa shape index (κ1) is 13.1. The van der Waals surface area contributed by atoms with E-state index in [1.54, 1.807) is 18.8 Å². The highest BCUT2D eigenvalue weighted by Crippen LogP contribution is 2.25. The van der Waals surface area contributed by atoms with E-state index in [-0.39, 0.29) is 5.91 Å². The first-order chi connectivity index (χ1) is 7.54. The number of benzene rings is 1. The maximum Gasteiger partial charge on any atom is 0.252 e. The van der Waals surface area contributed by atoms with Gasteiger partial charge < -0.3 is 10.0 Å². The Morgan fingerprint density at radius 1 is 1.38 bits per heavy atom. The molecule has 1 aromatic rings. The van der Waals surface area contributed by atoms with Gasteiger partial charge in [-0.1, -0.05) is 13.8 Å². The number of carbonyl (C=O) groups excluding carboxylic acids is 1. The highest BCUT2D eigenvalue weighted by atomic mass is 32.2. The number of aliphatic hydroxyl groups is 1. The van der Waals surface area contributed by atoms with Crippen LogP contribution in [0.3, 0.4) is 0 Å². The van der Waals surface area contributed by atoms with Gasteiger partial charge in [-0.15, -0.1) is 11.8 Å². The first-order valence-corrected chi connectivity index (χ1v) is 6.06. The molecule has 3 nitrogen and oxygen atoms in total. The first-order valence-electron chi connectivity index (χ1n) is 5.18. The minimum atomic E-state index is -0.459. The van der Waals surface area contributed by atoms with Crippen molar-refractivity contribution in [3.05, 3.63) is 24.3 Å². The lowest BCUT2D eigenvalue weighted by Crippen LogP contribution is -2.28. The molecule has 0 saturated heterocycles. The zero-order chi connectivity index (χ0) is 12.1. The molecular weight excluding hydrogens is 222 g/mol. The normalized spacial score (nSPS) is 10.6. The molecule has 4 heteroatoms. The number of anilines is 1. The Kier molecular flexibility index (Phi) is 4.83. The molecule has 0 aromatic heterocycles. The van der Waals surface area contributed by atoms with Crippen LogP contribution in [-0.2, 0) is 4.79 Å². The largest absolute Gasteiger partial charge is 0.387 e. The summed E-state index contributed by atoms with van der Waals surface area (Å²) >= 11 is 1.78. The number of hydrogen-bond donors (Lipinski definition) is 1. The number of amides is 1. The average Bonchev–Trinajstić information content (AvgIpc) is 2.27. The van der Waals surface area contributed by atoms with Crippen molar-refractivity contribution >= 4 is 23.4 Å². The molecule has 0 saturated carbocycles. The number of rotatable bonds is 4. The molecule has 0 bridgehead atoms. The Balaban J connectivity index is 2.74. The molecule has 0 unspecified atom stereocenters. The minimum Gasteiger partial charge on any atom is -0.387 e. The van der Waals surface area contributed by atoms with E-state index in [1.807, 2.05) is 24.3 Å². The SMILES string of the molecule is CC(C)Sc1ccc(N(C)C(=O)CO)cc1. The second kappa shape index (κ2) is 5.92. The second-order valence-corrected chi connectivity index (χ2v) is 5.42. The molecule has 0 aliphatic carbocycles. The fourth-order valence-electron chi connectivity index (χ4n) is 1.27. The van der Waals surface area contributed by atoms with Crippen LogP contribution in [0.1, 0.15) is 13.8 Å². The highest BCUT2D eigenvalue weighted by Gasteiger charge is 2.09. The van der Waals surface area contributed by atoms with Crippen LogP contribution in [0.15, 0.2) is 29.2 Å². The predicted molar refractivity (Wildman–Crippen MR) is 67.9 cm³/mol. The second-order valence-electron chi connectivity index (χ2n) is 3.77. The number of thioether (sulfide) groups is 1. The van der Waals surface area contributed by atoms with Crippen LogP contribution in [0, 0.1) is 0 Å². The van der Waals surface area contributed by atoms with Crippen molar-refractivity contribution in [1.82, 2.24) is 0 Å². The topological polar surface area (TPSA) is 40.5 Å². The third-order valence-corrected chi connectivity index (χ3v) is 3.12. The van der Waals surface area contributed by atoms with E-state index in [0.717, 1.165) is 5.69 Å². The summed E-state index contributed by atoms with van der Waals surface area (Å²) in [5.74, 6) is -0.302. The van der Waals surface area contributed by atoms with Crippen LogP contribution >= 0.6 is 11.8 Å². The quantitative estimate of drug-likeness (QED) is 0.818. The monoisotopic (exact) mass is 239 g/mol. The van der Waals surface area contributed by atoms with Crippen molar-refractivity contribution in [2.24, 2.45) is 0 Å². The molecule has 1 aromatic carbocycles. The van der Waals surface area contributed by atoms with Gasteiger partial charge in [-0.2, -0.15) is 0 Å². The average molecular weight is 239 g/mol. The van der Waals surface area contributed by atoms with Crippen LogP contribution in [-0.4, -0.2) is 29.9 Å². The summed E-state index contributed by atoms with van der Waals surface area (Å²) in [6.45, 7) is 3.82. The lowest BCUT2D eigenvalue weighted by Gasteiger charge is -2.16. The van der Waals surface area contributed by atoms with E-state index >= 15 is 0 Å². The van der Waals surface area contributed by atoms with Gasteiger partial charge in [0.05, 0.1) is 0 Å². The third-order valence-electron chi connectivity index (χ3n) is 2.11. The number of nitrogens with zero attached hydrogens (tertiary/aromatic N) is 1. The molecule has 0 atom stereocenters. The fraction of sp³-hybridized carbons (Fsp3) is 0.417. The summed E-state index contributed by atoms with van der Waals surface area (Å²) in [5, 5.41) is 9.29. The van der Waals surface area contributed by atoms with E-state index in [1.165, 1.54) is 9.80 Å². The van der Waals surface area contributed by atoms with Crippen LogP contribution in [0.25, 0.3) is 0 Å². The van der Waals surface area contributed by atoms with Gasteiger partial charge in [0.25, 0.3) is 5.91 Å². The molecule has 1 N–H and O–H groups in total. The Hall–Kier alpha value is -1.00. The number of aliphatic hydroxyl groups excluding tert-OH is 1. The summed E-state index contributed by atoms with van der Waals surface area (Å²) in [6.07, 6.45) is 0. The zero-order valence-electron chi connectivity index (χ0n) is 9.80. The van der Waals surface area contributed by atoms with Crippen molar-refractivity contribution in [3.63, 3.8) is 0 Å². The fourth-order valence-corrected chi connectivity index (χ4v) is 2.11. The van der Waals surface area contributed by atoms with Gasteiger partial charge in [0.2, 0.25) is 0 Å². The summed E-state index contributed by atoms with van der Waals surface area (Å²) in [4.78, 5) is 13.9. The summed E-state index contributed by atoms with van der Waals surface area (Å²) in [6, 6.07) is 7.75. The molecule has 1 amide bonds. The van der Waals surface area contributed by atoms with Gasteiger partial charge >= 0.3 is 0 Å². The molecule has 1 rings (SSSR count). The van der Waals surface area contributed by atoms with Gasteiger partial charge in [0, 0.05) is 22.9 Å². The Labute approximate surface area is 100 Å². The molecule has 16 heavy (non-hydrogen) atoms. The predicted octanol–water partition coefficient (Wildman–Crippen LogP) is 2.14. The van der Waals surface area contributed by atoms with Gasteiger partial charge in [-0.05, 0) is 24.3 Å². The van der Waals surface area contributed by atoms with Crippen LogP contribution < -0.4 is 4.90 Å². The molecule has 0 aliphatic rings. The Bertz CT molecular complexity index is 349. The highest BCUT2D eigenvalue weighted by molar-refractivity contribution is 7.99. The van der Waals surface area contributed by atoms with Crippen molar-refractivity contribution in [1.29, 1.82) is 0 Å². The van der Waals surface area contributed by atoms with Crippen LogP contribution in [0.2, 0.25) is 0 Å². The standard InChI is InChI=1S/C12H17NO2S/c1-9(2)16-11-6-4-10(5-7-11)13(3)12(15)8-14/h4-7,9,14H,8H2,1-3H3. The molecule has 0 fully saturated rings. The van der Waals surface area contributed by atoms with Crippen molar-refractivity contribution in [3.8, 4) is 0 Å². The van der Waals surface area contributed by atoms with Gasteiger partial charge in [-0.25, -0.2) is 0 Å². The zero-order valence-corrected chi connectivity index (χ0v) is 10.6. The number of likely N-dealkylation sites (N-methyl/N-ethyl adjacent to an activating group) is 1. The number of carbonyl (C=O) groups is 1. The lowest BCUT2D eigenvalue weighted by molar-refractivity contribution is -0.120. The maximum absolute atomic E-state index is 11.2. The van der Waals surface area contributed by atoms with E-state index in [0.29, 0.717) is 5.25 Å². The van der Waals surface area contributed by atoms with Crippen molar-refractivity contribution in [2.75, 3.05) is 18.6 Å². The van der Waals surface area contributed by atoms with Crippen molar-refractivity contribution in [2.45, 2.75) is 24.0 Å². The molecule has 0 heterocycles. The third kappa shape index (κ3) is 3.54. The summed E-state index contributed by atoms with van der Waals surface area (Å²) < 4.78 is 0. The lowest BCUT2D eigenvalue weighted by atomic mass is 10.3. The van der Waals surface area contributed by atoms with Gasteiger partial charge in [-0.3, -0.25) is 4.79 Å². The van der Waals surface area contributed by atoms with E-state index in [2.05, 4.69) is 13.8 Å². The van der Waals surface area contributed by atoms with E-state index < -0.39 is 6.61 Å². The summed E-state index contributed by atoms with van der Waals surface area (Å²) in [5.41, 5.74) is 0.798. The molecular formula is C12H17NO2S. The maximum atomic E-state index is 11.2. The van der Waals surface area contributed by atoms with E-state index in [4.69, 9.17) is 5.11 Å². The molecule has 0 radical (unpaired) electrons. The van der Waals surface area contributed by atoms with Gasteiger partial charge in [0.1, 0.15) is 6.61 Å². The van der Waals surface area contributed by atoms with Gasteiger partial charge in [0.15, 0.2) is 0 Å². The summed E-state index contributed by atoms with van der Waals surface area (Å²) in [7, 11) is 1.66. The van der Waals surface area contributed by atoms with Crippen molar-refractivity contribution < 1.29 is 9.90 Å². The molecule has 0 aliphatic heterocycles. The Morgan fingerprint density at radius 2 is 1.94 bits per heavy atom. The smallest absolute Gasteiger partial charge is 0.252 e. The number of hydrogen-bond acceptors (Lipinski definition) is 3. The molecule has 88 valence electrons. The minimum absolute atomic E-state index is 0.302. The van der Waals surface area contributed by atoms with Crippen LogP contribution in [0.5, 0.6) is 0 Å². The molecule has 0 spiro atoms. The van der Waals surface area contributed by atoms with Crippen LogP contribution in [0.4, 0.5) is 5.69 Å². The van der Waals surface area contributed by atoms with E-state index in [9.17, 15) is 4.79 Å².